The normalized spacial score (nSPS) is 18.7. The van der Waals surface area contributed by atoms with Gasteiger partial charge in [0.05, 0.1) is 33.5 Å². The molecule has 0 bridgehead atoms. The minimum Gasteiger partial charge on any atom is -0.376 e. The molecule has 1 saturated heterocycles. The molecular weight excluding hydrogens is 556 g/mol. The van der Waals surface area contributed by atoms with E-state index in [-0.39, 0.29) is 35.5 Å². The summed E-state index contributed by atoms with van der Waals surface area (Å²) in [6, 6.07) is 25.7. The first-order chi connectivity index (χ1) is 20.0. The Labute approximate surface area is 248 Å². The van der Waals surface area contributed by atoms with Crippen LogP contribution in [0.4, 0.5) is 5.82 Å². The predicted molar refractivity (Wildman–Crippen MR) is 164 cm³/mol. The summed E-state index contributed by atoms with van der Waals surface area (Å²) in [6.07, 6.45) is 1.92. The minimum absolute atomic E-state index is 0.00828. The van der Waals surface area contributed by atoms with Crippen molar-refractivity contribution < 1.29 is 14.3 Å². The second-order valence-corrected chi connectivity index (χ2v) is 11.8. The molecule has 7 nitrogen and oxygen atoms in total. The zero-order valence-corrected chi connectivity index (χ0v) is 24.3. The maximum atomic E-state index is 13.9. The second kappa shape index (κ2) is 12.1. The van der Waals surface area contributed by atoms with E-state index in [9.17, 15) is 9.59 Å². The number of hydrogen-bond donors (Lipinski definition) is 1. The van der Waals surface area contributed by atoms with Crippen LogP contribution in [0.25, 0.3) is 16.9 Å². The highest BCUT2D eigenvalue weighted by molar-refractivity contribution is 8.00. The first kappa shape index (κ1) is 27.6. The van der Waals surface area contributed by atoms with Gasteiger partial charge < -0.3 is 10.1 Å². The van der Waals surface area contributed by atoms with E-state index in [0.717, 1.165) is 40.8 Å². The molecule has 9 heteroatoms. The Balaban J connectivity index is 1.53. The number of aryl methyl sites for hydroxylation is 1. The van der Waals surface area contributed by atoms with E-state index in [0.29, 0.717) is 29.7 Å². The molecule has 0 saturated carbocycles. The third-order valence-electron chi connectivity index (χ3n) is 7.41. The lowest BCUT2D eigenvalue weighted by molar-refractivity contribution is -0.123. The van der Waals surface area contributed by atoms with Crippen molar-refractivity contribution in [2.24, 2.45) is 0 Å². The van der Waals surface area contributed by atoms with Crippen LogP contribution in [0.2, 0.25) is 5.02 Å². The second-order valence-electron chi connectivity index (χ2n) is 10.3. The predicted octanol–water partition coefficient (Wildman–Crippen LogP) is 5.97. The van der Waals surface area contributed by atoms with E-state index in [1.54, 1.807) is 27.4 Å². The Morgan fingerprint density at radius 1 is 1.10 bits per heavy atom. The van der Waals surface area contributed by atoms with E-state index >= 15 is 0 Å². The van der Waals surface area contributed by atoms with Crippen LogP contribution in [0.3, 0.4) is 0 Å². The van der Waals surface area contributed by atoms with E-state index in [2.05, 4.69) is 30.4 Å². The first-order valence-corrected chi connectivity index (χ1v) is 15.2. The van der Waals surface area contributed by atoms with Gasteiger partial charge in [-0.2, -0.15) is 5.10 Å². The van der Waals surface area contributed by atoms with Crippen LogP contribution in [-0.2, 0) is 14.3 Å². The first-order valence-electron chi connectivity index (χ1n) is 13.8. The average molecular weight is 587 g/mol. The smallest absolute Gasteiger partial charge is 0.240 e. The highest BCUT2D eigenvalue weighted by Gasteiger charge is 2.38. The summed E-state index contributed by atoms with van der Waals surface area (Å²) < 4.78 is 7.41. The number of benzene rings is 3. The monoisotopic (exact) mass is 586 g/mol. The molecule has 6 rings (SSSR count). The number of carbonyl (C=O) groups excluding carboxylic acids is 2. The molecule has 1 aromatic heterocycles. The lowest BCUT2D eigenvalue weighted by Crippen LogP contribution is -2.44. The number of nitrogens with zero attached hydrogens (tertiary/aromatic N) is 3. The van der Waals surface area contributed by atoms with Gasteiger partial charge in [-0.1, -0.05) is 83.9 Å². The third kappa shape index (κ3) is 5.77. The molecule has 41 heavy (non-hydrogen) atoms. The van der Waals surface area contributed by atoms with Crippen molar-refractivity contribution in [1.82, 2.24) is 15.1 Å². The number of ether oxygens (including phenoxy) is 1. The number of thioether (sulfide) groups is 1. The van der Waals surface area contributed by atoms with Gasteiger partial charge in [-0.25, -0.2) is 4.68 Å². The maximum Gasteiger partial charge on any atom is 0.240 e. The molecule has 0 aliphatic carbocycles. The summed E-state index contributed by atoms with van der Waals surface area (Å²) in [4.78, 5) is 28.7. The fourth-order valence-corrected chi connectivity index (χ4v) is 6.85. The highest BCUT2D eigenvalue weighted by atomic mass is 35.5. The van der Waals surface area contributed by atoms with Gasteiger partial charge in [-0.3, -0.25) is 14.5 Å². The van der Waals surface area contributed by atoms with Crippen LogP contribution in [0.15, 0.2) is 78.9 Å². The van der Waals surface area contributed by atoms with Gasteiger partial charge in [0.1, 0.15) is 12.4 Å². The molecule has 2 atom stereocenters. The standard InChI is InChI=1S/C32H31ClN4O3S/c1-21-9-7-12-23(17-21)31-29-30(22-10-3-2-4-11-22)35-37(26-15-6-5-14-25(26)33)32(29)36(28(39)20-41-31)19-27(38)34-18-24-13-8-16-40-24/h2-7,9-12,14-15,17,24,31H,8,13,16,18-20H2,1H3,(H,34,38). The Bertz CT molecular complexity index is 1570. The zero-order valence-electron chi connectivity index (χ0n) is 22.8. The number of nitrogens with one attached hydrogen (secondary N) is 1. The molecule has 0 radical (unpaired) electrons. The van der Waals surface area contributed by atoms with E-state index in [1.165, 1.54) is 0 Å². The molecule has 2 aliphatic rings. The van der Waals surface area contributed by atoms with Crippen LogP contribution in [0, 0.1) is 6.92 Å². The topological polar surface area (TPSA) is 76.5 Å². The molecule has 2 amide bonds. The summed E-state index contributed by atoms with van der Waals surface area (Å²) in [7, 11) is 0. The number of halogens is 1. The molecular formula is C32H31ClN4O3S. The van der Waals surface area contributed by atoms with Crippen LogP contribution in [0.5, 0.6) is 0 Å². The van der Waals surface area contributed by atoms with Crippen molar-refractivity contribution >= 4 is 41.0 Å². The molecule has 210 valence electrons. The van der Waals surface area contributed by atoms with Crippen molar-refractivity contribution in [3.63, 3.8) is 0 Å². The van der Waals surface area contributed by atoms with Crippen molar-refractivity contribution in [3.05, 3.63) is 101 Å². The lowest BCUT2D eigenvalue weighted by atomic mass is 9.98. The molecule has 2 aliphatic heterocycles. The minimum atomic E-state index is -0.244. The number of aromatic nitrogens is 2. The van der Waals surface area contributed by atoms with Gasteiger partial charge >= 0.3 is 0 Å². The Hall–Kier alpha value is -3.59. The van der Waals surface area contributed by atoms with Crippen molar-refractivity contribution in [3.8, 4) is 16.9 Å². The van der Waals surface area contributed by atoms with Gasteiger partial charge in [0.15, 0.2) is 0 Å². The SMILES string of the molecule is Cc1cccc(C2SCC(=O)N(CC(=O)NCC3CCCO3)c3c2c(-c2ccccc2)nn3-c2ccccc2Cl)c1. The van der Waals surface area contributed by atoms with E-state index < -0.39 is 0 Å². The molecule has 3 aromatic carbocycles. The molecule has 1 N–H and O–H groups in total. The van der Waals surface area contributed by atoms with Crippen molar-refractivity contribution in [2.75, 3.05) is 30.3 Å². The Morgan fingerprint density at radius 2 is 1.90 bits per heavy atom. The van der Waals surface area contributed by atoms with E-state index in [1.807, 2.05) is 54.6 Å². The van der Waals surface area contributed by atoms with Crippen LogP contribution in [0.1, 0.15) is 34.8 Å². The maximum absolute atomic E-state index is 13.9. The number of amides is 2. The highest BCUT2D eigenvalue weighted by Crippen LogP contribution is 2.49. The van der Waals surface area contributed by atoms with Gasteiger partial charge in [-0.05, 0) is 37.5 Å². The average Bonchev–Trinajstić information content (AvgIpc) is 3.61. The fourth-order valence-electron chi connectivity index (χ4n) is 5.45. The molecule has 0 spiro atoms. The summed E-state index contributed by atoms with van der Waals surface area (Å²) in [5.74, 6) is 0.368. The summed E-state index contributed by atoms with van der Waals surface area (Å²) in [5, 5.41) is 8.39. The number of anilines is 1. The molecule has 3 heterocycles. The lowest BCUT2D eigenvalue weighted by Gasteiger charge is -2.24. The van der Waals surface area contributed by atoms with Crippen LogP contribution < -0.4 is 10.2 Å². The van der Waals surface area contributed by atoms with Gasteiger partial charge in [0.2, 0.25) is 11.8 Å². The zero-order chi connectivity index (χ0) is 28.3. The summed E-state index contributed by atoms with van der Waals surface area (Å²) >= 11 is 8.27. The Morgan fingerprint density at radius 3 is 2.66 bits per heavy atom. The van der Waals surface area contributed by atoms with Crippen LogP contribution in [-0.4, -0.2) is 53.1 Å². The van der Waals surface area contributed by atoms with E-state index in [4.69, 9.17) is 21.4 Å². The fraction of sp³-hybridized carbons (Fsp3) is 0.281. The third-order valence-corrected chi connectivity index (χ3v) is 8.99. The number of carbonyl (C=O) groups is 2. The largest absolute Gasteiger partial charge is 0.376 e. The summed E-state index contributed by atoms with van der Waals surface area (Å²) in [6.45, 7) is 3.07. The number of para-hydroxylation sites is 1. The van der Waals surface area contributed by atoms with Gasteiger partial charge in [0.25, 0.3) is 0 Å². The number of hydrogen-bond acceptors (Lipinski definition) is 5. The number of rotatable bonds is 7. The summed E-state index contributed by atoms with van der Waals surface area (Å²) in [5.41, 5.74) is 5.39. The quantitative estimate of drug-likeness (QED) is 0.289. The van der Waals surface area contributed by atoms with Gasteiger partial charge in [-0.15, -0.1) is 11.8 Å². The molecule has 4 aromatic rings. The van der Waals surface area contributed by atoms with Crippen molar-refractivity contribution in [2.45, 2.75) is 31.1 Å². The molecule has 1 fully saturated rings. The van der Waals surface area contributed by atoms with Crippen LogP contribution >= 0.6 is 23.4 Å². The molecule has 2 unspecified atom stereocenters. The number of fused-ring (bicyclic) bond motifs is 1. The van der Waals surface area contributed by atoms with Crippen molar-refractivity contribution in [1.29, 1.82) is 0 Å². The van der Waals surface area contributed by atoms with Gasteiger partial charge in [0, 0.05) is 24.3 Å². The Kier molecular flexibility index (Phi) is 8.14.